The molecular formula is C20H24ClN3O4. The number of rotatable bonds is 7. The Balaban J connectivity index is 1.99. The molecule has 8 heteroatoms. The molecule has 0 unspecified atom stereocenters. The Labute approximate surface area is 169 Å². The van der Waals surface area contributed by atoms with Crippen molar-refractivity contribution < 1.29 is 19.0 Å². The molecule has 0 aliphatic carbocycles. The third-order valence-electron chi connectivity index (χ3n) is 4.13. The van der Waals surface area contributed by atoms with Crippen LogP contribution in [0.1, 0.15) is 6.92 Å². The molecule has 0 atom stereocenters. The number of nitrogens with one attached hydrogen (secondary N) is 2. The molecule has 1 aliphatic rings. The van der Waals surface area contributed by atoms with Crippen molar-refractivity contribution in [3.8, 4) is 17.2 Å². The van der Waals surface area contributed by atoms with Gasteiger partial charge in [-0.2, -0.15) is 0 Å². The molecule has 2 aromatic rings. The summed E-state index contributed by atoms with van der Waals surface area (Å²) in [5, 5.41) is 6.13. The summed E-state index contributed by atoms with van der Waals surface area (Å²) in [6.45, 7) is 3.40. The standard InChI is InChI=1S/C20H24ClN3O4/c1-4-26-17-9-13(24(2)3)5-6-14(17)22-15-10-18-19(28-8-7-27-18)11-16(15)23-20(25)12-21/h5-6,9-11,22H,4,7-8,12H2,1-3H3,(H,23,25). The minimum absolute atomic E-state index is 0.143. The van der Waals surface area contributed by atoms with Gasteiger partial charge in [0.15, 0.2) is 11.5 Å². The van der Waals surface area contributed by atoms with Crippen molar-refractivity contribution in [1.82, 2.24) is 0 Å². The van der Waals surface area contributed by atoms with Crippen LogP contribution in [0.25, 0.3) is 0 Å². The second-order valence-corrected chi connectivity index (χ2v) is 6.62. The van der Waals surface area contributed by atoms with Crippen molar-refractivity contribution in [2.24, 2.45) is 0 Å². The fourth-order valence-electron chi connectivity index (χ4n) is 2.79. The van der Waals surface area contributed by atoms with Gasteiger partial charge in [-0.05, 0) is 19.1 Å². The van der Waals surface area contributed by atoms with Crippen molar-refractivity contribution in [3.63, 3.8) is 0 Å². The monoisotopic (exact) mass is 405 g/mol. The van der Waals surface area contributed by atoms with Gasteiger partial charge in [-0.25, -0.2) is 0 Å². The van der Waals surface area contributed by atoms with Gasteiger partial charge in [-0.3, -0.25) is 4.79 Å². The molecule has 0 fully saturated rings. The molecule has 1 amide bonds. The molecule has 0 saturated carbocycles. The number of benzene rings is 2. The highest BCUT2D eigenvalue weighted by molar-refractivity contribution is 6.29. The van der Waals surface area contributed by atoms with E-state index in [2.05, 4.69) is 10.6 Å². The van der Waals surface area contributed by atoms with E-state index in [9.17, 15) is 4.79 Å². The van der Waals surface area contributed by atoms with Crippen LogP contribution in [0.15, 0.2) is 30.3 Å². The van der Waals surface area contributed by atoms with Gasteiger partial charge in [-0.15, -0.1) is 11.6 Å². The Morgan fingerprint density at radius 3 is 2.39 bits per heavy atom. The van der Waals surface area contributed by atoms with Crippen LogP contribution in [0.4, 0.5) is 22.7 Å². The van der Waals surface area contributed by atoms with E-state index < -0.39 is 0 Å². The molecule has 1 heterocycles. The maximum absolute atomic E-state index is 11.9. The van der Waals surface area contributed by atoms with E-state index in [-0.39, 0.29) is 11.8 Å². The van der Waals surface area contributed by atoms with Gasteiger partial charge in [0.2, 0.25) is 5.91 Å². The van der Waals surface area contributed by atoms with Gasteiger partial charge in [0, 0.05) is 38.0 Å². The first-order valence-corrected chi connectivity index (χ1v) is 9.56. The lowest BCUT2D eigenvalue weighted by molar-refractivity contribution is -0.113. The van der Waals surface area contributed by atoms with Crippen LogP contribution in [0.3, 0.4) is 0 Å². The van der Waals surface area contributed by atoms with Crippen molar-refractivity contribution in [2.75, 3.05) is 55.3 Å². The van der Waals surface area contributed by atoms with E-state index >= 15 is 0 Å². The number of alkyl halides is 1. The van der Waals surface area contributed by atoms with Crippen LogP contribution >= 0.6 is 11.6 Å². The highest BCUT2D eigenvalue weighted by Gasteiger charge is 2.18. The first-order chi connectivity index (χ1) is 13.5. The van der Waals surface area contributed by atoms with Crippen LogP contribution in [0.5, 0.6) is 17.2 Å². The second kappa shape index (κ2) is 8.93. The largest absolute Gasteiger partial charge is 0.492 e. The molecule has 0 saturated heterocycles. The predicted octanol–water partition coefficient (Wildman–Crippen LogP) is 3.84. The predicted molar refractivity (Wildman–Crippen MR) is 112 cm³/mol. The van der Waals surface area contributed by atoms with E-state index in [0.717, 1.165) is 11.4 Å². The highest BCUT2D eigenvalue weighted by atomic mass is 35.5. The van der Waals surface area contributed by atoms with Crippen LogP contribution in [-0.2, 0) is 4.79 Å². The number of fused-ring (bicyclic) bond motifs is 1. The van der Waals surface area contributed by atoms with E-state index in [1.54, 1.807) is 12.1 Å². The highest BCUT2D eigenvalue weighted by Crippen LogP contribution is 2.41. The van der Waals surface area contributed by atoms with Gasteiger partial charge >= 0.3 is 0 Å². The molecular weight excluding hydrogens is 382 g/mol. The average Bonchev–Trinajstić information content (AvgIpc) is 2.69. The Kier molecular flexibility index (Phi) is 6.36. The van der Waals surface area contributed by atoms with Crippen LogP contribution in [0.2, 0.25) is 0 Å². The Hall–Kier alpha value is -2.80. The molecule has 150 valence electrons. The van der Waals surface area contributed by atoms with E-state index in [0.29, 0.717) is 48.4 Å². The van der Waals surface area contributed by atoms with E-state index in [1.165, 1.54) is 0 Å². The number of amides is 1. The summed E-state index contributed by atoms with van der Waals surface area (Å²) in [7, 11) is 3.94. The average molecular weight is 406 g/mol. The number of nitrogens with zero attached hydrogens (tertiary/aromatic N) is 1. The van der Waals surface area contributed by atoms with Gasteiger partial charge in [0.1, 0.15) is 24.8 Å². The number of hydrogen-bond donors (Lipinski definition) is 2. The number of carbonyl (C=O) groups is 1. The van der Waals surface area contributed by atoms with Crippen molar-refractivity contribution in [3.05, 3.63) is 30.3 Å². The molecule has 0 bridgehead atoms. The smallest absolute Gasteiger partial charge is 0.239 e. The maximum atomic E-state index is 11.9. The SMILES string of the molecule is CCOc1cc(N(C)C)ccc1Nc1cc2c(cc1NC(=O)CCl)OCCO2. The molecule has 3 rings (SSSR count). The first-order valence-electron chi connectivity index (χ1n) is 9.02. The number of ether oxygens (including phenoxy) is 3. The van der Waals surface area contributed by atoms with Crippen LogP contribution < -0.4 is 29.7 Å². The third kappa shape index (κ3) is 4.54. The normalized spacial score (nSPS) is 12.3. The quantitative estimate of drug-likeness (QED) is 0.682. The summed E-state index contributed by atoms with van der Waals surface area (Å²) in [5.74, 6) is 1.44. The zero-order chi connectivity index (χ0) is 20.1. The van der Waals surface area contributed by atoms with Crippen molar-refractivity contribution in [1.29, 1.82) is 0 Å². The van der Waals surface area contributed by atoms with Gasteiger partial charge in [-0.1, -0.05) is 0 Å². The number of hydrogen-bond acceptors (Lipinski definition) is 6. The lowest BCUT2D eigenvalue weighted by Crippen LogP contribution is -2.18. The molecule has 1 aliphatic heterocycles. The first kappa shape index (κ1) is 19.9. The molecule has 2 N–H and O–H groups in total. The zero-order valence-corrected chi connectivity index (χ0v) is 16.9. The lowest BCUT2D eigenvalue weighted by Gasteiger charge is -2.23. The van der Waals surface area contributed by atoms with Gasteiger partial charge < -0.3 is 29.7 Å². The van der Waals surface area contributed by atoms with Crippen LogP contribution in [0, 0.1) is 0 Å². The third-order valence-corrected chi connectivity index (χ3v) is 4.37. The molecule has 0 radical (unpaired) electrons. The van der Waals surface area contributed by atoms with Gasteiger partial charge in [0.25, 0.3) is 0 Å². The number of halogens is 1. The molecule has 7 nitrogen and oxygen atoms in total. The molecule has 2 aromatic carbocycles. The number of anilines is 4. The summed E-state index contributed by atoms with van der Waals surface area (Å²) in [4.78, 5) is 13.9. The molecule has 0 aromatic heterocycles. The summed E-state index contributed by atoms with van der Waals surface area (Å²) in [6, 6.07) is 9.41. The van der Waals surface area contributed by atoms with Crippen molar-refractivity contribution in [2.45, 2.75) is 6.92 Å². The van der Waals surface area contributed by atoms with E-state index in [4.69, 9.17) is 25.8 Å². The maximum Gasteiger partial charge on any atom is 0.239 e. The van der Waals surface area contributed by atoms with Crippen molar-refractivity contribution >= 4 is 40.3 Å². The fraction of sp³-hybridized carbons (Fsp3) is 0.350. The minimum Gasteiger partial charge on any atom is -0.492 e. The lowest BCUT2D eigenvalue weighted by atomic mass is 10.2. The second-order valence-electron chi connectivity index (χ2n) is 6.36. The summed E-state index contributed by atoms with van der Waals surface area (Å²) >= 11 is 5.66. The van der Waals surface area contributed by atoms with E-state index in [1.807, 2.05) is 44.1 Å². The Morgan fingerprint density at radius 1 is 1.11 bits per heavy atom. The zero-order valence-electron chi connectivity index (χ0n) is 16.2. The molecule has 0 spiro atoms. The minimum atomic E-state index is -0.311. The summed E-state index contributed by atoms with van der Waals surface area (Å²) < 4.78 is 17.1. The summed E-state index contributed by atoms with van der Waals surface area (Å²) in [5.41, 5.74) is 2.99. The fourth-order valence-corrected chi connectivity index (χ4v) is 2.86. The molecule has 28 heavy (non-hydrogen) atoms. The summed E-state index contributed by atoms with van der Waals surface area (Å²) in [6.07, 6.45) is 0. The topological polar surface area (TPSA) is 72.1 Å². The Bertz CT molecular complexity index is 858. The van der Waals surface area contributed by atoms with Gasteiger partial charge in [0.05, 0.1) is 23.7 Å². The Morgan fingerprint density at radius 2 is 1.79 bits per heavy atom. The van der Waals surface area contributed by atoms with Crippen LogP contribution in [-0.4, -0.2) is 45.7 Å². The number of carbonyl (C=O) groups excluding carboxylic acids is 1.